The molecule has 16 heavy (non-hydrogen) atoms. The number of fused-ring (bicyclic) bond motifs is 1. The minimum atomic E-state index is 0.807. The number of hydrogen-bond donors (Lipinski definition) is 1. The third kappa shape index (κ3) is 1.50. The van der Waals surface area contributed by atoms with Gasteiger partial charge in [0.1, 0.15) is 5.82 Å². The monoisotopic (exact) mass is 231 g/mol. The summed E-state index contributed by atoms with van der Waals surface area (Å²) in [6.45, 7) is 0. The standard InChI is InChI=1S/C12H13N3S/c13-12-10-6-7-16-8-11(10)14-15(12)9-4-2-1-3-5-9/h1-5H,6-8,13H2. The molecule has 1 aromatic carbocycles. The second-order valence-electron chi connectivity index (χ2n) is 3.86. The van der Waals surface area contributed by atoms with Crippen molar-refractivity contribution >= 4 is 17.6 Å². The molecule has 4 heteroatoms. The van der Waals surface area contributed by atoms with E-state index >= 15 is 0 Å². The van der Waals surface area contributed by atoms with Crippen molar-refractivity contribution in [2.75, 3.05) is 11.5 Å². The van der Waals surface area contributed by atoms with Gasteiger partial charge in [0.15, 0.2) is 0 Å². The molecule has 0 atom stereocenters. The van der Waals surface area contributed by atoms with Crippen LogP contribution >= 0.6 is 11.8 Å². The smallest absolute Gasteiger partial charge is 0.130 e. The van der Waals surface area contributed by atoms with Gasteiger partial charge in [0.05, 0.1) is 11.4 Å². The first-order valence-electron chi connectivity index (χ1n) is 5.35. The Morgan fingerprint density at radius 2 is 2.06 bits per heavy atom. The van der Waals surface area contributed by atoms with Crippen molar-refractivity contribution in [3.8, 4) is 5.69 Å². The van der Waals surface area contributed by atoms with Crippen LogP contribution in [0.3, 0.4) is 0 Å². The Morgan fingerprint density at radius 3 is 2.81 bits per heavy atom. The van der Waals surface area contributed by atoms with Crippen molar-refractivity contribution in [1.29, 1.82) is 0 Å². The van der Waals surface area contributed by atoms with Gasteiger partial charge < -0.3 is 5.73 Å². The van der Waals surface area contributed by atoms with E-state index in [9.17, 15) is 0 Å². The first kappa shape index (κ1) is 9.78. The fourth-order valence-electron chi connectivity index (χ4n) is 2.01. The molecule has 3 rings (SSSR count). The average molecular weight is 231 g/mol. The highest BCUT2D eigenvalue weighted by Crippen LogP contribution is 2.29. The molecule has 2 aromatic rings. The molecule has 0 saturated carbocycles. The van der Waals surface area contributed by atoms with Gasteiger partial charge in [-0.3, -0.25) is 0 Å². The Morgan fingerprint density at radius 1 is 1.25 bits per heavy atom. The van der Waals surface area contributed by atoms with Crippen LogP contribution in [-0.2, 0) is 12.2 Å². The number of benzene rings is 1. The zero-order valence-electron chi connectivity index (χ0n) is 8.89. The molecule has 0 unspecified atom stereocenters. The van der Waals surface area contributed by atoms with Gasteiger partial charge in [-0.25, -0.2) is 4.68 Å². The fourth-order valence-corrected chi connectivity index (χ4v) is 2.93. The van der Waals surface area contributed by atoms with Gasteiger partial charge in [-0.1, -0.05) is 18.2 Å². The number of nitrogens with zero attached hydrogens (tertiary/aromatic N) is 2. The molecule has 0 radical (unpaired) electrons. The van der Waals surface area contributed by atoms with E-state index in [1.54, 1.807) is 0 Å². The topological polar surface area (TPSA) is 43.8 Å². The van der Waals surface area contributed by atoms with Gasteiger partial charge in [0.2, 0.25) is 0 Å². The van der Waals surface area contributed by atoms with E-state index in [-0.39, 0.29) is 0 Å². The molecule has 2 heterocycles. The van der Waals surface area contributed by atoms with Crippen LogP contribution in [0.1, 0.15) is 11.3 Å². The number of rotatable bonds is 1. The molecule has 2 N–H and O–H groups in total. The van der Waals surface area contributed by atoms with Crippen LogP contribution in [0.2, 0.25) is 0 Å². The molecule has 0 aliphatic carbocycles. The van der Waals surface area contributed by atoms with Crippen LogP contribution in [0.4, 0.5) is 5.82 Å². The van der Waals surface area contributed by atoms with Crippen LogP contribution in [0.5, 0.6) is 0 Å². The van der Waals surface area contributed by atoms with E-state index in [1.165, 1.54) is 5.56 Å². The molecular weight excluding hydrogens is 218 g/mol. The van der Waals surface area contributed by atoms with Crippen LogP contribution in [0.15, 0.2) is 30.3 Å². The molecule has 1 aliphatic heterocycles. The van der Waals surface area contributed by atoms with Crippen LogP contribution in [-0.4, -0.2) is 15.5 Å². The first-order valence-corrected chi connectivity index (χ1v) is 6.51. The minimum absolute atomic E-state index is 0.807. The van der Waals surface area contributed by atoms with Crippen molar-refractivity contribution in [3.63, 3.8) is 0 Å². The maximum absolute atomic E-state index is 6.15. The Kier molecular flexibility index (Phi) is 2.36. The summed E-state index contributed by atoms with van der Waals surface area (Å²) in [5.41, 5.74) is 9.58. The molecule has 3 nitrogen and oxygen atoms in total. The molecule has 0 spiro atoms. The second-order valence-corrected chi connectivity index (χ2v) is 4.97. The highest BCUT2D eigenvalue weighted by Gasteiger charge is 2.19. The van der Waals surface area contributed by atoms with Crippen LogP contribution in [0, 0.1) is 0 Å². The van der Waals surface area contributed by atoms with Crippen LogP contribution in [0.25, 0.3) is 5.69 Å². The Balaban J connectivity index is 2.12. The van der Waals surface area contributed by atoms with Crippen molar-refractivity contribution < 1.29 is 0 Å². The van der Waals surface area contributed by atoms with Gasteiger partial charge in [-0.05, 0) is 24.3 Å². The maximum atomic E-state index is 6.15. The Bertz CT molecular complexity index is 504. The van der Waals surface area contributed by atoms with Gasteiger partial charge in [0.25, 0.3) is 0 Å². The summed E-state index contributed by atoms with van der Waals surface area (Å²) in [7, 11) is 0. The molecular formula is C12H13N3S. The summed E-state index contributed by atoms with van der Waals surface area (Å²) < 4.78 is 1.86. The normalized spacial score (nSPS) is 14.8. The van der Waals surface area contributed by atoms with E-state index in [0.29, 0.717) is 0 Å². The molecule has 0 fully saturated rings. The number of anilines is 1. The summed E-state index contributed by atoms with van der Waals surface area (Å²) in [5, 5.41) is 4.59. The lowest BCUT2D eigenvalue weighted by Crippen LogP contribution is -2.03. The predicted octanol–water partition coefficient (Wildman–Crippen LogP) is 2.24. The van der Waals surface area contributed by atoms with E-state index in [1.807, 2.05) is 46.8 Å². The molecule has 0 bridgehead atoms. The van der Waals surface area contributed by atoms with Gasteiger partial charge in [-0.15, -0.1) is 0 Å². The largest absolute Gasteiger partial charge is 0.383 e. The summed E-state index contributed by atoms with van der Waals surface area (Å²) in [5.74, 6) is 2.94. The van der Waals surface area contributed by atoms with Gasteiger partial charge in [0, 0.05) is 11.3 Å². The number of aromatic nitrogens is 2. The van der Waals surface area contributed by atoms with E-state index in [0.717, 1.165) is 35.1 Å². The zero-order valence-corrected chi connectivity index (χ0v) is 9.70. The quantitative estimate of drug-likeness (QED) is 0.818. The number of thioether (sulfide) groups is 1. The number of hydrogen-bond acceptors (Lipinski definition) is 3. The number of nitrogens with two attached hydrogens (primary N) is 1. The molecule has 82 valence electrons. The van der Waals surface area contributed by atoms with Crippen LogP contribution < -0.4 is 5.73 Å². The first-order chi connectivity index (χ1) is 7.86. The summed E-state index contributed by atoms with van der Waals surface area (Å²) >= 11 is 1.92. The SMILES string of the molecule is Nc1c2c(nn1-c1ccccc1)CSCC2. The lowest BCUT2D eigenvalue weighted by atomic mass is 10.2. The van der Waals surface area contributed by atoms with Crippen molar-refractivity contribution in [2.45, 2.75) is 12.2 Å². The van der Waals surface area contributed by atoms with E-state index < -0.39 is 0 Å². The third-order valence-electron chi connectivity index (χ3n) is 2.84. The number of para-hydroxylation sites is 1. The highest BCUT2D eigenvalue weighted by molar-refractivity contribution is 7.98. The lowest BCUT2D eigenvalue weighted by molar-refractivity contribution is 0.868. The molecule has 0 amide bonds. The van der Waals surface area contributed by atoms with Crippen molar-refractivity contribution in [2.24, 2.45) is 0 Å². The van der Waals surface area contributed by atoms with Crippen molar-refractivity contribution in [1.82, 2.24) is 9.78 Å². The molecule has 0 saturated heterocycles. The third-order valence-corrected chi connectivity index (χ3v) is 3.81. The zero-order chi connectivity index (χ0) is 11.0. The predicted molar refractivity (Wildman–Crippen MR) is 67.8 cm³/mol. The Hall–Kier alpha value is -1.42. The summed E-state index contributed by atoms with van der Waals surface area (Å²) in [4.78, 5) is 0. The van der Waals surface area contributed by atoms with E-state index in [2.05, 4.69) is 5.10 Å². The second kappa shape index (κ2) is 3.87. The average Bonchev–Trinajstić information content (AvgIpc) is 2.69. The van der Waals surface area contributed by atoms with Crippen molar-refractivity contribution in [3.05, 3.63) is 41.6 Å². The fraction of sp³-hybridized carbons (Fsp3) is 0.250. The van der Waals surface area contributed by atoms with Gasteiger partial charge >= 0.3 is 0 Å². The summed E-state index contributed by atoms with van der Waals surface area (Å²) in [6.07, 6.45) is 1.04. The molecule has 1 aromatic heterocycles. The lowest BCUT2D eigenvalue weighted by Gasteiger charge is -2.08. The van der Waals surface area contributed by atoms with Gasteiger partial charge in [-0.2, -0.15) is 16.9 Å². The number of nitrogen functional groups attached to an aromatic ring is 1. The minimum Gasteiger partial charge on any atom is -0.383 e. The summed E-state index contributed by atoms with van der Waals surface area (Å²) in [6, 6.07) is 10.1. The highest BCUT2D eigenvalue weighted by atomic mass is 32.2. The maximum Gasteiger partial charge on any atom is 0.130 e. The van der Waals surface area contributed by atoms with E-state index in [4.69, 9.17) is 5.73 Å². The Labute approximate surface area is 98.6 Å². The molecule has 1 aliphatic rings.